The summed E-state index contributed by atoms with van der Waals surface area (Å²) in [5.74, 6) is 2.88. The first kappa shape index (κ1) is 14.0. The highest BCUT2D eigenvalue weighted by Crippen LogP contribution is 2.21. The number of anilines is 1. The second kappa shape index (κ2) is 6.63. The Morgan fingerprint density at radius 2 is 2.05 bits per heavy atom. The number of rotatable bonds is 5. The Labute approximate surface area is 118 Å². The molecule has 0 fully saturated rings. The van der Waals surface area contributed by atoms with Gasteiger partial charge in [-0.25, -0.2) is 4.39 Å². The van der Waals surface area contributed by atoms with Crippen LogP contribution in [0.4, 0.5) is 10.1 Å². The molecule has 20 heavy (non-hydrogen) atoms. The van der Waals surface area contributed by atoms with E-state index in [1.54, 1.807) is 12.1 Å². The van der Waals surface area contributed by atoms with Gasteiger partial charge in [0.2, 0.25) is 0 Å². The van der Waals surface area contributed by atoms with E-state index < -0.39 is 0 Å². The van der Waals surface area contributed by atoms with E-state index in [0.717, 1.165) is 11.1 Å². The zero-order valence-corrected chi connectivity index (χ0v) is 11.3. The molecule has 2 rings (SSSR count). The molecule has 0 saturated carbocycles. The minimum Gasteiger partial charge on any atom is -0.481 e. The van der Waals surface area contributed by atoms with Crippen molar-refractivity contribution in [2.45, 2.75) is 13.5 Å². The van der Waals surface area contributed by atoms with Gasteiger partial charge in [0.1, 0.15) is 18.2 Å². The summed E-state index contributed by atoms with van der Waals surface area (Å²) in [6.07, 6.45) is 5.19. The average Bonchev–Trinajstić information content (AvgIpc) is 2.47. The number of para-hydroxylation sites is 1. The standard InChI is InChI=1S/C17H16FNO/c1-3-10-20-17-7-5-4-6-14(17)12-19-16-11-13(2)8-9-15(16)18/h1,4-9,11,19H,10,12H2,2H3. The van der Waals surface area contributed by atoms with Gasteiger partial charge in [-0.3, -0.25) is 0 Å². The first-order valence-corrected chi connectivity index (χ1v) is 6.35. The number of hydrogen-bond donors (Lipinski definition) is 1. The lowest BCUT2D eigenvalue weighted by molar-refractivity contribution is 0.366. The molecule has 0 bridgehead atoms. The molecule has 0 heterocycles. The van der Waals surface area contributed by atoms with Crippen LogP contribution in [0, 0.1) is 25.1 Å². The normalized spacial score (nSPS) is 9.85. The van der Waals surface area contributed by atoms with Crippen molar-refractivity contribution in [2.75, 3.05) is 11.9 Å². The van der Waals surface area contributed by atoms with Gasteiger partial charge in [-0.1, -0.05) is 30.2 Å². The molecule has 0 amide bonds. The Bertz CT molecular complexity index is 631. The largest absolute Gasteiger partial charge is 0.481 e. The number of aryl methyl sites for hydroxylation is 1. The maximum atomic E-state index is 13.7. The van der Waals surface area contributed by atoms with Gasteiger partial charge in [0.15, 0.2) is 0 Å². The average molecular weight is 269 g/mol. The van der Waals surface area contributed by atoms with Crippen LogP contribution in [-0.2, 0) is 6.54 Å². The van der Waals surface area contributed by atoms with E-state index in [4.69, 9.17) is 11.2 Å². The van der Waals surface area contributed by atoms with Crippen molar-refractivity contribution in [3.8, 4) is 18.1 Å². The quantitative estimate of drug-likeness (QED) is 0.834. The van der Waals surface area contributed by atoms with Gasteiger partial charge >= 0.3 is 0 Å². The van der Waals surface area contributed by atoms with E-state index >= 15 is 0 Å². The Balaban J connectivity index is 2.11. The molecule has 102 valence electrons. The van der Waals surface area contributed by atoms with Crippen LogP contribution < -0.4 is 10.1 Å². The molecule has 0 saturated heterocycles. The fraction of sp³-hybridized carbons (Fsp3) is 0.176. The number of terminal acetylenes is 1. The second-order valence-corrected chi connectivity index (χ2v) is 4.44. The molecular weight excluding hydrogens is 253 g/mol. The molecule has 1 N–H and O–H groups in total. The van der Waals surface area contributed by atoms with Gasteiger partial charge in [-0.15, -0.1) is 6.42 Å². The second-order valence-electron chi connectivity index (χ2n) is 4.44. The van der Waals surface area contributed by atoms with Crippen molar-refractivity contribution in [1.29, 1.82) is 0 Å². The number of ether oxygens (including phenoxy) is 1. The molecule has 2 aromatic rings. The van der Waals surface area contributed by atoms with Crippen LogP contribution in [0.25, 0.3) is 0 Å². The smallest absolute Gasteiger partial charge is 0.148 e. The van der Waals surface area contributed by atoms with Crippen LogP contribution in [0.2, 0.25) is 0 Å². The summed E-state index contributed by atoms with van der Waals surface area (Å²) in [5, 5.41) is 3.08. The van der Waals surface area contributed by atoms with E-state index in [2.05, 4.69) is 11.2 Å². The summed E-state index contributed by atoms with van der Waals surface area (Å²) in [7, 11) is 0. The lowest BCUT2D eigenvalue weighted by Gasteiger charge is -2.12. The van der Waals surface area contributed by atoms with E-state index in [9.17, 15) is 4.39 Å². The lowest BCUT2D eigenvalue weighted by atomic mass is 10.1. The van der Waals surface area contributed by atoms with Gasteiger partial charge in [0.25, 0.3) is 0 Å². The highest BCUT2D eigenvalue weighted by Gasteiger charge is 2.05. The zero-order chi connectivity index (χ0) is 14.4. The summed E-state index contributed by atoms with van der Waals surface area (Å²) in [5.41, 5.74) is 2.42. The van der Waals surface area contributed by atoms with E-state index in [1.165, 1.54) is 6.07 Å². The summed E-state index contributed by atoms with van der Waals surface area (Å²) in [6.45, 7) is 2.62. The van der Waals surface area contributed by atoms with Gasteiger partial charge in [-0.2, -0.15) is 0 Å². The molecule has 0 radical (unpaired) electrons. The van der Waals surface area contributed by atoms with Gasteiger partial charge in [-0.05, 0) is 30.7 Å². The Morgan fingerprint density at radius 3 is 2.85 bits per heavy atom. The van der Waals surface area contributed by atoms with Crippen molar-refractivity contribution in [3.63, 3.8) is 0 Å². The van der Waals surface area contributed by atoms with Crippen molar-refractivity contribution in [2.24, 2.45) is 0 Å². The van der Waals surface area contributed by atoms with Crippen molar-refractivity contribution < 1.29 is 9.13 Å². The van der Waals surface area contributed by atoms with Crippen LogP contribution in [0.15, 0.2) is 42.5 Å². The first-order chi connectivity index (χ1) is 9.70. The maximum Gasteiger partial charge on any atom is 0.148 e. The predicted octanol–water partition coefficient (Wildman–Crippen LogP) is 3.76. The predicted molar refractivity (Wildman–Crippen MR) is 79.2 cm³/mol. The van der Waals surface area contributed by atoms with Crippen LogP contribution >= 0.6 is 0 Å². The first-order valence-electron chi connectivity index (χ1n) is 6.35. The number of halogens is 1. The minimum atomic E-state index is -0.266. The minimum absolute atomic E-state index is 0.218. The van der Waals surface area contributed by atoms with E-state index in [1.807, 2.05) is 31.2 Å². The highest BCUT2D eigenvalue weighted by molar-refractivity contribution is 5.48. The summed E-state index contributed by atoms with van der Waals surface area (Å²) in [4.78, 5) is 0. The fourth-order valence-electron chi connectivity index (χ4n) is 1.88. The number of hydrogen-bond acceptors (Lipinski definition) is 2. The molecule has 0 aromatic heterocycles. The molecule has 2 nitrogen and oxygen atoms in total. The monoisotopic (exact) mass is 269 g/mol. The van der Waals surface area contributed by atoms with Crippen LogP contribution in [0.1, 0.15) is 11.1 Å². The number of nitrogens with one attached hydrogen (secondary N) is 1. The lowest BCUT2D eigenvalue weighted by Crippen LogP contribution is -2.05. The molecule has 0 unspecified atom stereocenters. The third-order valence-electron chi connectivity index (χ3n) is 2.87. The topological polar surface area (TPSA) is 21.3 Å². The Kier molecular flexibility index (Phi) is 4.62. The van der Waals surface area contributed by atoms with E-state index in [0.29, 0.717) is 18.0 Å². The highest BCUT2D eigenvalue weighted by atomic mass is 19.1. The summed E-state index contributed by atoms with van der Waals surface area (Å²) < 4.78 is 19.1. The molecular formula is C17H16FNO. The fourth-order valence-corrected chi connectivity index (χ4v) is 1.88. The van der Waals surface area contributed by atoms with Crippen molar-refractivity contribution in [3.05, 3.63) is 59.4 Å². The maximum absolute atomic E-state index is 13.7. The third kappa shape index (κ3) is 3.52. The summed E-state index contributed by atoms with van der Waals surface area (Å²) >= 11 is 0. The Hall–Kier alpha value is -2.47. The molecule has 3 heteroatoms. The van der Waals surface area contributed by atoms with E-state index in [-0.39, 0.29) is 12.4 Å². The zero-order valence-electron chi connectivity index (χ0n) is 11.3. The molecule has 0 spiro atoms. The van der Waals surface area contributed by atoms with Gasteiger partial charge in [0.05, 0.1) is 5.69 Å². The molecule has 0 aliphatic carbocycles. The van der Waals surface area contributed by atoms with Gasteiger partial charge in [0, 0.05) is 12.1 Å². The van der Waals surface area contributed by atoms with Gasteiger partial charge < -0.3 is 10.1 Å². The van der Waals surface area contributed by atoms with Crippen LogP contribution in [0.3, 0.4) is 0 Å². The Morgan fingerprint density at radius 1 is 1.25 bits per heavy atom. The summed E-state index contributed by atoms with van der Waals surface area (Å²) in [6, 6.07) is 12.5. The SMILES string of the molecule is C#CCOc1ccccc1CNc1cc(C)ccc1F. The molecule has 2 aromatic carbocycles. The molecule has 0 aliphatic heterocycles. The van der Waals surface area contributed by atoms with Crippen LogP contribution in [-0.4, -0.2) is 6.61 Å². The van der Waals surface area contributed by atoms with Crippen molar-refractivity contribution in [1.82, 2.24) is 0 Å². The number of benzene rings is 2. The molecule has 0 atom stereocenters. The third-order valence-corrected chi connectivity index (χ3v) is 2.87. The van der Waals surface area contributed by atoms with Crippen LogP contribution in [0.5, 0.6) is 5.75 Å². The van der Waals surface area contributed by atoms with Crippen molar-refractivity contribution >= 4 is 5.69 Å². The molecule has 0 aliphatic rings.